The lowest BCUT2D eigenvalue weighted by atomic mass is 10.0. The summed E-state index contributed by atoms with van der Waals surface area (Å²) in [4.78, 5) is 89.6. The lowest BCUT2D eigenvalue weighted by Crippen LogP contribution is -2.50. The summed E-state index contributed by atoms with van der Waals surface area (Å²) in [6.07, 6.45) is 3.22. The SMILES string of the molecule is C.CSc1ccc(NC2CCN(C(=O)CCCN3CCN(c4ccc(C)cc4)CC3)CC2)cc1.Cc1cc(NC2CCN(C(=O)CCCN3CCN(c4ccc(Cl)cc4)CC3)CC2)ccc1C#N.Cc1ccc(N2CCN(CC(C)C(=O)N3CCC(Nc4ccc([N+](=O)[O-])c(C(F)(F)F)c4)CC3)CC2)cc1.Cc1ccc(NC2CCN(C(=O)CCN3CCN(c4ccccc4)CC3)CC2)cc1C(F)(F)F. The van der Waals surface area contributed by atoms with Crippen molar-refractivity contribution in [3.05, 3.63) is 236 Å². The first-order valence-electron chi connectivity index (χ1n) is 49.6. The zero-order valence-corrected chi connectivity index (χ0v) is 83.0. The Morgan fingerprint density at radius 1 is 0.421 bits per heavy atom. The Morgan fingerprint density at radius 2 is 0.771 bits per heavy atom. The van der Waals surface area contributed by atoms with Gasteiger partial charge in [-0.2, -0.15) is 31.6 Å². The minimum absolute atomic E-state index is 0. The van der Waals surface area contributed by atoms with Gasteiger partial charge < -0.3 is 60.5 Å². The van der Waals surface area contributed by atoms with E-state index < -0.39 is 34.1 Å². The molecule has 756 valence electrons. The molecule has 0 aromatic heterocycles. The molecule has 0 saturated carbocycles. The second-order valence-electron chi connectivity index (χ2n) is 38.1. The van der Waals surface area contributed by atoms with Crippen molar-refractivity contribution in [2.45, 2.75) is 167 Å². The van der Waals surface area contributed by atoms with Crippen LogP contribution in [-0.4, -0.2) is 281 Å². The van der Waals surface area contributed by atoms with Crippen molar-refractivity contribution >= 4 is 98.2 Å². The number of benzene rings is 8. The number of carbonyl (C=O) groups excluding carboxylic acids is 4. The molecule has 140 heavy (non-hydrogen) atoms. The van der Waals surface area contributed by atoms with Crippen molar-refractivity contribution < 1.29 is 50.4 Å². The molecule has 8 aromatic rings. The van der Waals surface area contributed by atoms with Gasteiger partial charge in [-0.05, 0) is 250 Å². The summed E-state index contributed by atoms with van der Waals surface area (Å²) < 4.78 is 79.4. The Hall–Kier alpha value is -11.0. The van der Waals surface area contributed by atoms with Crippen molar-refractivity contribution in [3.8, 4) is 6.07 Å². The fourth-order valence-corrected chi connectivity index (χ4v) is 20.2. The van der Waals surface area contributed by atoms with E-state index in [1.807, 2.05) is 64.9 Å². The van der Waals surface area contributed by atoms with Crippen LogP contribution in [0.3, 0.4) is 0 Å². The fraction of sp³-hybridized carbons (Fsp3) is 0.509. The highest BCUT2D eigenvalue weighted by Gasteiger charge is 2.40. The molecule has 32 heteroatoms. The van der Waals surface area contributed by atoms with Crippen molar-refractivity contribution in [1.82, 2.24) is 39.2 Å². The third kappa shape index (κ3) is 32.5. The molecule has 8 saturated heterocycles. The van der Waals surface area contributed by atoms with Crippen LogP contribution in [0.15, 0.2) is 187 Å². The number of thioether (sulfide) groups is 1. The van der Waals surface area contributed by atoms with Gasteiger partial charge in [0.15, 0.2) is 0 Å². The number of nitrogens with one attached hydrogen (secondary N) is 4. The number of nitro benzene ring substituents is 1. The standard InChI is InChI=1S/C27H34ClN5O.C27H34F3N5O3.C27H38N4OS.C26H33F3N4O.CH4/c1-21-19-25(7-4-22(21)20-29)30-24-10-13-33(14-11-24)27(34)3-2-12-31-15-17-32(18-16-31)26-8-5-23(28)6-9-26;1-19-3-6-23(7-4-19)33-15-13-32(14-16-33)18-20(2)26(36)34-11-9-21(10-12-34)31-22-5-8-25(35(37)38)24(17-22)27(28,29)30;1-22-5-9-25(10-6-22)30-20-18-29(19-21-30)15-3-4-27(32)31-16-13-24(14-17-31)28-23-7-11-26(33-2)12-8-23;1-20-7-8-22(19-24(20)26(27,28)29)30-21-9-13-33(14-10-21)25(34)11-12-31-15-17-32(18-16-31)23-5-3-2-4-6-23;/h4-9,19,24,30H,2-3,10-18H2,1H3;3-8,17,20-21,31H,9-16,18H2,1-2H3;5-12,24,28H,3-4,13-21H2,1-2H3;2-8,19,21,30H,9-18H2,1H3;1H4. The van der Waals surface area contributed by atoms with E-state index in [2.05, 4.69) is 201 Å². The molecule has 8 heterocycles. The van der Waals surface area contributed by atoms with Gasteiger partial charge in [0.25, 0.3) is 5.69 Å². The zero-order chi connectivity index (χ0) is 98.5. The molecule has 8 aromatic carbocycles. The van der Waals surface area contributed by atoms with Gasteiger partial charge in [0.2, 0.25) is 23.6 Å². The molecular weight excluding hydrogens is 1830 g/mol. The van der Waals surface area contributed by atoms with Crippen LogP contribution < -0.4 is 40.9 Å². The molecule has 0 radical (unpaired) electrons. The van der Waals surface area contributed by atoms with E-state index in [0.717, 1.165) is 236 Å². The van der Waals surface area contributed by atoms with Crippen molar-refractivity contribution in [1.29, 1.82) is 5.26 Å². The summed E-state index contributed by atoms with van der Waals surface area (Å²) >= 11 is 7.76. The number of aryl methyl sites for hydroxylation is 4. The zero-order valence-electron chi connectivity index (χ0n) is 81.5. The van der Waals surface area contributed by atoms with Crippen molar-refractivity contribution in [2.75, 3.05) is 230 Å². The van der Waals surface area contributed by atoms with Crippen LogP contribution in [0.1, 0.15) is 137 Å². The number of nitriles is 1. The Morgan fingerprint density at radius 3 is 1.17 bits per heavy atom. The van der Waals surface area contributed by atoms with Gasteiger partial charge in [-0.25, -0.2) is 0 Å². The van der Waals surface area contributed by atoms with Crippen LogP contribution in [-0.2, 0) is 31.5 Å². The number of rotatable bonds is 28. The first-order valence-corrected chi connectivity index (χ1v) is 51.2. The third-order valence-electron chi connectivity index (χ3n) is 28.2. The molecule has 8 fully saturated rings. The number of anilines is 8. The summed E-state index contributed by atoms with van der Waals surface area (Å²) in [5.41, 5.74) is 9.56. The van der Waals surface area contributed by atoms with Gasteiger partial charge in [0.05, 0.1) is 22.1 Å². The molecule has 0 spiro atoms. The van der Waals surface area contributed by atoms with E-state index in [-0.39, 0.29) is 54.4 Å². The highest BCUT2D eigenvalue weighted by molar-refractivity contribution is 7.98. The number of nitrogens with zero attached hydrogens (tertiary/aromatic N) is 14. The maximum Gasteiger partial charge on any atom is 0.423 e. The second kappa shape index (κ2) is 52.7. The number of piperidine rings is 4. The summed E-state index contributed by atoms with van der Waals surface area (Å²) in [6.45, 7) is 34.5. The van der Waals surface area contributed by atoms with Crippen LogP contribution in [0.2, 0.25) is 5.02 Å². The average Bonchev–Trinajstić information content (AvgIpc) is 0.805. The summed E-state index contributed by atoms with van der Waals surface area (Å²) in [7, 11) is 0. The second-order valence-corrected chi connectivity index (χ2v) is 39.5. The van der Waals surface area contributed by atoms with Crippen molar-refractivity contribution in [3.63, 3.8) is 0 Å². The van der Waals surface area contributed by atoms with Gasteiger partial charge in [0.1, 0.15) is 5.56 Å². The number of carbonyl (C=O) groups is 4. The summed E-state index contributed by atoms with van der Waals surface area (Å²) in [5, 5.41) is 34.3. The van der Waals surface area contributed by atoms with E-state index in [1.165, 1.54) is 69.6 Å². The smallest absolute Gasteiger partial charge is 0.382 e. The molecule has 1 atom stereocenters. The number of hydrogen-bond donors (Lipinski definition) is 4. The molecule has 4 N–H and O–H groups in total. The van der Waals surface area contributed by atoms with Gasteiger partial charge >= 0.3 is 12.4 Å². The summed E-state index contributed by atoms with van der Waals surface area (Å²) in [6, 6.07) is 60.7. The fourth-order valence-electron chi connectivity index (χ4n) is 19.7. The molecule has 8 aliphatic rings. The molecule has 1 unspecified atom stereocenters. The quantitative estimate of drug-likeness (QED) is 0.0155. The number of nitro groups is 1. The Kier molecular flexibility index (Phi) is 40.6. The molecule has 4 amide bonds. The lowest BCUT2D eigenvalue weighted by Gasteiger charge is -2.38. The Labute approximate surface area is 833 Å². The minimum Gasteiger partial charge on any atom is -0.382 e. The number of halogens is 7. The monoisotopic (exact) mass is 1970 g/mol. The van der Waals surface area contributed by atoms with Crippen LogP contribution in [0.5, 0.6) is 0 Å². The topological polar surface area (TPSA) is 222 Å². The molecule has 16 rings (SSSR count). The molecule has 24 nitrogen and oxygen atoms in total. The number of alkyl halides is 6. The number of likely N-dealkylation sites (tertiary alicyclic amines) is 4. The summed E-state index contributed by atoms with van der Waals surface area (Å²) in [5.74, 6) is 0.732. The van der Waals surface area contributed by atoms with Gasteiger partial charge in [0, 0.05) is 281 Å². The van der Waals surface area contributed by atoms with Crippen LogP contribution in [0.4, 0.5) is 77.5 Å². The van der Waals surface area contributed by atoms with E-state index in [1.54, 1.807) is 17.8 Å². The number of piperazine rings is 4. The van der Waals surface area contributed by atoms with Gasteiger partial charge in [-0.1, -0.05) is 85.6 Å². The number of hydrogen-bond acceptors (Lipinski definition) is 20. The third-order valence-corrected chi connectivity index (χ3v) is 29.2. The van der Waals surface area contributed by atoms with E-state index in [4.69, 9.17) is 16.9 Å². The Bertz CT molecular complexity index is 5260. The van der Waals surface area contributed by atoms with E-state index in [0.29, 0.717) is 88.5 Å². The highest BCUT2D eigenvalue weighted by Crippen LogP contribution is 2.40. The van der Waals surface area contributed by atoms with E-state index in [9.17, 15) is 55.6 Å². The Balaban J connectivity index is 0.000000167. The molecule has 8 aliphatic heterocycles. The van der Waals surface area contributed by atoms with Gasteiger partial charge in [-0.15, -0.1) is 11.8 Å². The van der Waals surface area contributed by atoms with Crippen LogP contribution >= 0.6 is 23.4 Å². The largest absolute Gasteiger partial charge is 0.423 e. The van der Waals surface area contributed by atoms with E-state index >= 15 is 0 Å². The number of amides is 4. The normalized spacial score (nSPS) is 17.9. The van der Waals surface area contributed by atoms with Crippen LogP contribution in [0, 0.1) is 55.1 Å². The highest BCUT2D eigenvalue weighted by atomic mass is 35.5. The molecule has 0 bridgehead atoms. The maximum atomic E-state index is 13.3. The van der Waals surface area contributed by atoms with Crippen LogP contribution in [0.25, 0.3) is 0 Å². The first kappa shape index (κ1) is 108. The lowest BCUT2D eigenvalue weighted by molar-refractivity contribution is -0.388. The predicted octanol–water partition coefficient (Wildman–Crippen LogP) is 19.3. The molecular formula is C108H143ClF6N18O6S. The van der Waals surface area contributed by atoms with Gasteiger partial charge in [-0.3, -0.25) is 48.9 Å². The predicted molar refractivity (Wildman–Crippen MR) is 555 cm³/mol. The number of para-hydroxylation sites is 1. The average molecular weight is 1970 g/mol. The maximum absolute atomic E-state index is 13.3. The minimum atomic E-state index is -4.82. The first-order chi connectivity index (χ1) is 66.9. The van der Waals surface area contributed by atoms with Crippen molar-refractivity contribution in [2.24, 2.45) is 5.92 Å². The molecule has 0 aliphatic carbocycles.